The Morgan fingerprint density at radius 2 is 1.41 bits per heavy atom. The van der Waals surface area contributed by atoms with Crippen LogP contribution in [0, 0.1) is 13.8 Å². The van der Waals surface area contributed by atoms with Crippen LogP contribution in [0.25, 0.3) is 22.6 Å². The van der Waals surface area contributed by atoms with Crippen LogP contribution in [0.3, 0.4) is 0 Å². The number of nitrogens with one attached hydrogen (secondary N) is 5. The first-order valence-electron chi connectivity index (χ1n) is 27.0. The molecule has 454 valence electrons. The molecule has 1 fully saturated rings. The Morgan fingerprint density at radius 1 is 0.788 bits per heavy atom. The van der Waals surface area contributed by atoms with Gasteiger partial charge >= 0.3 is 0 Å². The van der Waals surface area contributed by atoms with E-state index in [1.54, 1.807) is 61.5 Å². The largest absolute Gasteiger partial charge is 0.457 e. The average molecular weight is 1180 g/mol. The van der Waals surface area contributed by atoms with E-state index in [0.29, 0.717) is 23.3 Å². The predicted octanol–water partition coefficient (Wildman–Crippen LogP) is -4.28. The fourth-order valence-electron chi connectivity index (χ4n) is 10.5. The molecule has 0 aliphatic carbocycles. The monoisotopic (exact) mass is 1180 g/mol. The Balaban J connectivity index is 1.21. The summed E-state index contributed by atoms with van der Waals surface area (Å²) in [5.74, 6) is -4.46. The maximum absolute atomic E-state index is 15.4. The van der Waals surface area contributed by atoms with Crippen LogP contribution in [0.5, 0.6) is 11.5 Å². The second kappa shape index (κ2) is 26.9. The minimum atomic E-state index is -2.00. The highest BCUT2D eigenvalue weighted by atomic mass is 16.6. The highest BCUT2D eigenvalue weighted by molar-refractivity contribution is 6.02. The molecule has 13 atom stereocenters. The number of benzene rings is 4. The van der Waals surface area contributed by atoms with Gasteiger partial charge in [0, 0.05) is 11.3 Å². The van der Waals surface area contributed by atoms with E-state index in [2.05, 4.69) is 36.6 Å². The summed E-state index contributed by atoms with van der Waals surface area (Å²) < 4.78 is 18.6. The minimum absolute atomic E-state index is 0.0776. The molecule has 0 spiro atoms. The van der Waals surface area contributed by atoms with Crippen molar-refractivity contribution < 1.29 is 78.4 Å². The zero-order chi connectivity index (χ0) is 61.4. The lowest BCUT2D eigenvalue weighted by Gasteiger charge is -2.55. The lowest BCUT2D eigenvalue weighted by atomic mass is 9.62. The number of ether oxygens (including phenoxy) is 2. The molecule has 8 unspecified atom stereocenters. The molecule has 0 saturated carbocycles. The van der Waals surface area contributed by atoms with Crippen LogP contribution >= 0.6 is 0 Å². The van der Waals surface area contributed by atoms with Crippen molar-refractivity contribution in [2.45, 2.75) is 99.1 Å². The molecular formula is C56H69N13O16. The molecule has 5 amide bonds. The number of aliphatic hydroxyl groups excluding tert-OH is 7. The van der Waals surface area contributed by atoms with E-state index in [9.17, 15) is 59.7 Å². The van der Waals surface area contributed by atoms with Gasteiger partial charge in [-0.1, -0.05) is 47.5 Å². The number of hydrogen-bond acceptors (Lipinski definition) is 24. The van der Waals surface area contributed by atoms with Crippen molar-refractivity contribution >= 4 is 64.5 Å². The normalized spacial score (nSPS) is 22.7. The molecule has 85 heavy (non-hydrogen) atoms. The van der Waals surface area contributed by atoms with Crippen LogP contribution in [-0.4, -0.2) is 212 Å². The number of aldehydes is 1. The molecule has 1 aromatic heterocycles. The summed E-state index contributed by atoms with van der Waals surface area (Å²) in [6, 6.07) is 15.0. The smallest absolute Gasteiger partial charge is 0.247 e. The molecular weight excluding hydrogens is 1110 g/mol. The summed E-state index contributed by atoms with van der Waals surface area (Å²) in [4.78, 5) is 99.1. The number of oxazole rings is 1. The molecule has 4 heterocycles. The number of nitrogens with two attached hydrogens (primary N) is 3. The molecule has 3 aliphatic heterocycles. The molecule has 29 nitrogen and oxygen atoms in total. The molecule has 0 radical (unpaired) electrons. The maximum Gasteiger partial charge on any atom is 0.247 e. The Morgan fingerprint density at radius 3 is 2.00 bits per heavy atom. The van der Waals surface area contributed by atoms with E-state index in [1.165, 1.54) is 24.0 Å². The fraction of sp³-hybridized carbons (Fsp3) is 0.411. The van der Waals surface area contributed by atoms with E-state index >= 15 is 4.79 Å². The number of aryl methyl sites for hydroxylation is 2. The SMILES string of the molecule is Cc1ccc(Oc2cccc(-c3nc4cc(C(C5CN=C(N)N5)(C5CN=C(N)N5C5OC(CO)C(O)C(O)C5O)[C@@H](C=O)N(C(=O)CNC(=O)[C@H](CO)NC(=O)[C@H](CO)NC(=O)[C@H](CO)NC(=O)[C@H](C)N)c5ccc(C)cc5)ccc4o3)c2)cc1. The number of fused-ring (bicyclic) bond motifs is 1. The maximum atomic E-state index is 15.4. The van der Waals surface area contributed by atoms with Gasteiger partial charge in [0.2, 0.25) is 35.4 Å². The number of nitrogens with zero attached hydrogens (tertiary/aromatic N) is 5. The lowest BCUT2D eigenvalue weighted by Crippen LogP contribution is -2.75. The summed E-state index contributed by atoms with van der Waals surface area (Å²) in [7, 11) is 0. The van der Waals surface area contributed by atoms with Crippen LogP contribution in [-0.2, 0) is 38.9 Å². The number of aliphatic hydroxyl groups is 7. The zero-order valence-corrected chi connectivity index (χ0v) is 46.4. The van der Waals surface area contributed by atoms with Crippen molar-refractivity contribution in [2.75, 3.05) is 51.0 Å². The van der Waals surface area contributed by atoms with Gasteiger partial charge in [0.1, 0.15) is 71.9 Å². The van der Waals surface area contributed by atoms with Gasteiger partial charge in [-0.15, -0.1) is 0 Å². The van der Waals surface area contributed by atoms with Gasteiger partial charge in [0.15, 0.2) is 23.7 Å². The molecule has 8 rings (SSSR count). The quantitative estimate of drug-likeness (QED) is 0.0260. The number of hydrogen-bond donors (Lipinski definition) is 15. The zero-order valence-electron chi connectivity index (χ0n) is 46.4. The third-order valence-corrected chi connectivity index (χ3v) is 15.0. The number of aliphatic imine (C=N–C) groups is 2. The van der Waals surface area contributed by atoms with Gasteiger partial charge < -0.3 is 103 Å². The van der Waals surface area contributed by atoms with Crippen LogP contribution < -0.4 is 53.4 Å². The first kappa shape index (κ1) is 62.4. The van der Waals surface area contributed by atoms with E-state index in [0.717, 1.165) is 16.0 Å². The highest BCUT2D eigenvalue weighted by Gasteiger charge is 2.62. The number of rotatable bonds is 24. The number of aromatic nitrogens is 1. The minimum Gasteiger partial charge on any atom is -0.457 e. The van der Waals surface area contributed by atoms with Crippen molar-refractivity contribution in [1.82, 2.24) is 36.5 Å². The average Bonchev–Trinajstić information content (AvgIpc) is 2.67. The molecule has 29 heteroatoms. The molecule has 0 bridgehead atoms. The van der Waals surface area contributed by atoms with Crippen molar-refractivity contribution in [2.24, 2.45) is 27.2 Å². The van der Waals surface area contributed by atoms with Crippen LogP contribution in [0.2, 0.25) is 0 Å². The third kappa shape index (κ3) is 13.2. The number of carbonyl (C=O) groups excluding carboxylic acids is 6. The van der Waals surface area contributed by atoms with E-state index in [4.69, 9.17) is 36.1 Å². The Labute approximate surface area is 485 Å². The standard InChI is InChI=1S/C56H69N13O16/c1-27-7-12-32(13-8-27)68(44(75)21-60-49(80)36(22-70)64-51(82)38(24-72)65-50(81)37(23-71)63-48(79)29(3)57)43(26-74)56(41-19-61-54(58)67-41,42-20-62-55(59)69(42)53-47(78)46(77)45(76)40(25-73)85-53)31-11-16-39-35(18-31)66-52(84-39)30-5-4-6-34(17-30)83-33-14-9-28(2)10-15-33/h4-18,26,29,36-38,40-43,45-47,53,70-73,76-78H,19-25,57H2,1-3H3,(H2,59,62)(H,60,80)(H,63,79)(H,64,82)(H,65,81)(H3,58,61,67)/t29-,36-,37-,38-,40?,41?,42?,43+,45?,46?,47?,53?,56?/m0/s1. The first-order valence-corrected chi connectivity index (χ1v) is 27.0. The van der Waals surface area contributed by atoms with Crippen molar-refractivity contribution in [1.29, 1.82) is 0 Å². The molecule has 3 aliphatic rings. The number of amides is 5. The van der Waals surface area contributed by atoms with Gasteiger partial charge in [-0.25, -0.2) is 4.98 Å². The van der Waals surface area contributed by atoms with E-state index in [-0.39, 0.29) is 53.2 Å². The van der Waals surface area contributed by atoms with E-state index in [1.807, 2.05) is 31.2 Å². The number of anilines is 1. The third-order valence-electron chi connectivity index (χ3n) is 15.0. The summed E-state index contributed by atoms with van der Waals surface area (Å²) in [5, 5.41) is 86.7. The Bertz CT molecular complexity index is 3290. The molecule has 18 N–H and O–H groups in total. The highest BCUT2D eigenvalue weighted by Crippen LogP contribution is 2.46. The van der Waals surface area contributed by atoms with Crippen molar-refractivity contribution in [3.05, 3.63) is 108 Å². The van der Waals surface area contributed by atoms with Gasteiger partial charge in [-0.2, -0.15) is 0 Å². The summed E-state index contributed by atoms with van der Waals surface area (Å²) in [6.45, 7) is -0.348. The lowest BCUT2D eigenvalue weighted by molar-refractivity contribution is -0.260. The summed E-state index contributed by atoms with van der Waals surface area (Å²) in [5.41, 5.74) is 19.8. The van der Waals surface area contributed by atoms with Crippen molar-refractivity contribution in [3.8, 4) is 23.0 Å². The van der Waals surface area contributed by atoms with Crippen LogP contribution in [0.15, 0.2) is 105 Å². The van der Waals surface area contributed by atoms with Gasteiger partial charge in [0.25, 0.3) is 0 Å². The predicted molar refractivity (Wildman–Crippen MR) is 304 cm³/mol. The molecule has 5 aromatic rings. The topological polar surface area (TPSA) is 458 Å². The Kier molecular flexibility index (Phi) is 19.8. The number of guanidine groups is 2. The second-order valence-electron chi connectivity index (χ2n) is 20.8. The fourth-order valence-corrected chi connectivity index (χ4v) is 10.5. The van der Waals surface area contributed by atoms with Gasteiger partial charge in [0.05, 0.1) is 69.6 Å². The second-order valence-corrected chi connectivity index (χ2v) is 20.8. The van der Waals surface area contributed by atoms with Crippen LogP contribution in [0.4, 0.5) is 5.69 Å². The number of carbonyl (C=O) groups is 6. The van der Waals surface area contributed by atoms with Crippen LogP contribution in [0.1, 0.15) is 23.6 Å². The van der Waals surface area contributed by atoms with Gasteiger partial charge in [-0.3, -0.25) is 38.9 Å². The van der Waals surface area contributed by atoms with Gasteiger partial charge in [-0.05, 0) is 80.9 Å². The van der Waals surface area contributed by atoms with E-state index < -0.39 is 141 Å². The molecule has 1 saturated heterocycles. The Hall–Kier alpha value is -8.65. The van der Waals surface area contributed by atoms with Crippen molar-refractivity contribution in [3.63, 3.8) is 0 Å². The molecule has 4 aromatic carbocycles. The summed E-state index contributed by atoms with van der Waals surface area (Å²) in [6.07, 6.45) is -8.39. The summed E-state index contributed by atoms with van der Waals surface area (Å²) >= 11 is 0. The first-order chi connectivity index (χ1) is 40.7.